The predicted octanol–water partition coefficient (Wildman–Crippen LogP) is 1.72. The maximum absolute atomic E-state index is 12.1. The predicted molar refractivity (Wildman–Crippen MR) is 69.8 cm³/mol. The quantitative estimate of drug-likeness (QED) is 0.768. The van der Waals surface area contributed by atoms with Crippen molar-refractivity contribution in [3.63, 3.8) is 0 Å². The van der Waals surface area contributed by atoms with Gasteiger partial charge in [-0.3, -0.25) is 9.89 Å². The van der Waals surface area contributed by atoms with E-state index in [4.69, 9.17) is 0 Å². The third kappa shape index (κ3) is 2.32. The van der Waals surface area contributed by atoms with E-state index in [0.717, 1.165) is 17.1 Å². The van der Waals surface area contributed by atoms with Crippen molar-refractivity contribution in [2.75, 3.05) is 17.7 Å². The van der Waals surface area contributed by atoms with Crippen LogP contribution in [0.4, 0.5) is 11.5 Å². The molecule has 2 heterocycles. The fourth-order valence-corrected chi connectivity index (χ4v) is 1.63. The number of nitrogens with one attached hydrogen (secondary N) is 3. The van der Waals surface area contributed by atoms with Gasteiger partial charge < -0.3 is 10.6 Å². The molecule has 0 spiro atoms. The Morgan fingerprint density at radius 1 is 1.39 bits per heavy atom. The highest BCUT2D eigenvalue weighted by Gasteiger charge is 2.12. The van der Waals surface area contributed by atoms with Crippen LogP contribution < -0.4 is 10.6 Å². The molecule has 0 unspecified atom stereocenters. The van der Waals surface area contributed by atoms with E-state index < -0.39 is 0 Å². The number of anilines is 2. The van der Waals surface area contributed by atoms with E-state index in [1.165, 1.54) is 0 Å². The molecule has 2 aromatic heterocycles. The monoisotopic (exact) mass is 245 g/mol. The summed E-state index contributed by atoms with van der Waals surface area (Å²) in [4.78, 5) is 16.1. The molecule has 0 aliphatic rings. The summed E-state index contributed by atoms with van der Waals surface area (Å²) in [5.41, 5.74) is 2.88. The van der Waals surface area contributed by atoms with Gasteiger partial charge in [-0.25, -0.2) is 4.98 Å². The molecule has 3 N–H and O–H groups in total. The summed E-state index contributed by atoms with van der Waals surface area (Å²) in [6.45, 7) is 3.70. The van der Waals surface area contributed by atoms with Crippen molar-refractivity contribution in [1.82, 2.24) is 15.2 Å². The van der Waals surface area contributed by atoms with Gasteiger partial charge in [-0.05, 0) is 26.0 Å². The number of hydrogen-bond donors (Lipinski definition) is 3. The van der Waals surface area contributed by atoms with Crippen molar-refractivity contribution in [2.24, 2.45) is 0 Å². The fraction of sp³-hybridized carbons (Fsp3) is 0.250. The number of carbonyl (C=O) groups is 1. The Hall–Kier alpha value is -2.37. The van der Waals surface area contributed by atoms with Crippen LogP contribution in [0.5, 0.6) is 0 Å². The first-order valence-electron chi connectivity index (χ1n) is 5.58. The molecule has 0 aromatic carbocycles. The lowest BCUT2D eigenvalue weighted by atomic mass is 10.2. The van der Waals surface area contributed by atoms with Crippen LogP contribution in [0.15, 0.2) is 18.3 Å². The zero-order valence-corrected chi connectivity index (χ0v) is 10.5. The third-order valence-corrected chi connectivity index (χ3v) is 2.64. The Balaban J connectivity index is 2.22. The van der Waals surface area contributed by atoms with Crippen LogP contribution in [-0.4, -0.2) is 28.1 Å². The van der Waals surface area contributed by atoms with Crippen molar-refractivity contribution in [1.29, 1.82) is 0 Å². The van der Waals surface area contributed by atoms with Crippen LogP contribution in [0.2, 0.25) is 0 Å². The molecule has 2 aromatic rings. The molecular weight excluding hydrogens is 230 g/mol. The summed E-state index contributed by atoms with van der Waals surface area (Å²) >= 11 is 0. The standard InChI is InChI=1S/C12H15N5O/c1-7-11(8(2)17-16-7)15-12(18)9-4-5-14-10(6-9)13-3/h4-6H,1-3H3,(H,13,14)(H,15,18)(H,16,17). The number of aryl methyl sites for hydroxylation is 2. The van der Waals surface area contributed by atoms with E-state index in [9.17, 15) is 4.79 Å². The van der Waals surface area contributed by atoms with Crippen molar-refractivity contribution in [2.45, 2.75) is 13.8 Å². The molecule has 0 saturated carbocycles. The fourth-order valence-electron chi connectivity index (χ4n) is 1.63. The number of hydrogen-bond acceptors (Lipinski definition) is 4. The lowest BCUT2D eigenvalue weighted by Crippen LogP contribution is -2.13. The van der Waals surface area contributed by atoms with Gasteiger partial charge in [0.15, 0.2) is 0 Å². The second kappa shape index (κ2) is 4.87. The Labute approximate surface area is 105 Å². The number of aromatic nitrogens is 3. The molecule has 0 fully saturated rings. The van der Waals surface area contributed by atoms with Gasteiger partial charge in [0.25, 0.3) is 5.91 Å². The van der Waals surface area contributed by atoms with E-state index in [-0.39, 0.29) is 5.91 Å². The molecule has 0 saturated heterocycles. The van der Waals surface area contributed by atoms with Crippen LogP contribution in [0.25, 0.3) is 0 Å². The van der Waals surface area contributed by atoms with Crippen LogP contribution in [0.1, 0.15) is 21.7 Å². The average molecular weight is 245 g/mol. The first-order valence-corrected chi connectivity index (χ1v) is 5.58. The second-order valence-electron chi connectivity index (χ2n) is 3.94. The largest absolute Gasteiger partial charge is 0.373 e. The van der Waals surface area contributed by atoms with E-state index in [1.807, 2.05) is 13.8 Å². The second-order valence-corrected chi connectivity index (χ2v) is 3.94. The highest BCUT2D eigenvalue weighted by Crippen LogP contribution is 2.17. The van der Waals surface area contributed by atoms with E-state index in [2.05, 4.69) is 25.8 Å². The molecule has 0 atom stereocenters. The smallest absolute Gasteiger partial charge is 0.255 e. The Bertz CT molecular complexity index is 556. The minimum atomic E-state index is -0.179. The van der Waals surface area contributed by atoms with Gasteiger partial charge >= 0.3 is 0 Å². The summed E-state index contributed by atoms with van der Waals surface area (Å²) in [6, 6.07) is 3.36. The highest BCUT2D eigenvalue weighted by molar-refractivity contribution is 6.05. The lowest BCUT2D eigenvalue weighted by molar-refractivity contribution is 0.102. The average Bonchev–Trinajstić information content (AvgIpc) is 2.70. The van der Waals surface area contributed by atoms with Crippen molar-refractivity contribution < 1.29 is 4.79 Å². The molecule has 18 heavy (non-hydrogen) atoms. The summed E-state index contributed by atoms with van der Waals surface area (Å²) in [7, 11) is 1.76. The van der Waals surface area contributed by atoms with Crippen molar-refractivity contribution >= 4 is 17.4 Å². The van der Waals surface area contributed by atoms with Gasteiger partial charge in [0.1, 0.15) is 5.82 Å². The van der Waals surface area contributed by atoms with Crippen LogP contribution in [-0.2, 0) is 0 Å². The van der Waals surface area contributed by atoms with Gasteiger partial charge in [0.05, 0.1) is 17.1 Å². The molecule has 94 valence electrons. The normalized spacial score (nSPS) is 10.2. The molecule has 0 aliphatic heterocycles. The number of amides is 1. The molecule has 6 heteroatoms. The zero-order valence-electron chi connectivity index (χ0n) is 10.5. The van der Waals surface area contributed by atoms with Gasteiger partial charge in [-0.15, -0.1) is 0 Å². The summed E-state index contributed by atoms with van der Waals surface area (Å²) < 4.78 is 0. The Morgan fingerprint density at radius 3 is 2.78 bits per heavy atom. The summed E-state index contributed by atoms with van der Waals surface area (Å²) in [6.07, 6.45) is 1.59. The van der Waals surface area contributed by atoms with E-state index in [0.29, 0.717) is 11.4 Å². The Morgan fingerprint density at radius 2 is 2.17 bits per heavy atom. The molecular formula is C12H15N5O. The summed E-state index contributed by atoms with van der Waals surface area (Å²) in [5.74, 6) is 0.477. The molecule has 6 nitrogen and oxygen atoms in total. The van der Waals surface area contributed by atoms with Gasteiger partial charge in [0, 0.05) is 18.8 Å². The van der Waals surface area contributed by atoms with E-state index >= 15 is 0 Å². The van der Waals surface area contributed by atoms with Crippen molar-refractivity contribution in [3.8, 4) is 0 Å². The number of aromatic amines is 1. The van der Waals surface area contributed by atoms with Gasteiger partial charge in [-0.1, -0.05) is 0 Å². The molecule has 2 rings (SSSR count). The number of nitrogens with zero attached hydrogens (tertiary/aromatic N) is 2. The van der Waals surface area contributed by atoms with Gasteiger partial charge in [-0.2, -0.15) is 5.10 Å². The zero-order chi connectivity index (χ0) is 13.1. The maximum Gasteiger partial charge on any atom is 0.255 e. The van der Waals surface area contributed by atoms with Crippen LogP contribution in [0.3, 0.4) is 0 Å². The van der Waals surface area contributed by atoms with Crippen LogP contribution in [0, 0.1) is 13.8 Å². The molecule has 0 bridgehead atoms. The van der Waals surface area contributed by atoms with Gasteiger partial charge in [0.2, 0.25) is 0 Å². The number of rotatable bonds is 3. The number of carbonyl (C=O) groups excluding carboxylic acids is 1. The highest BCUT2D eigenvalue weighted by atomic mass is 16.1. The SMILES string of the molecule is CNc1cc(C(=O)Nc2c(C)n[nH]c2C)ccn1. The maximum atomic E-state index is 12.1. The first kappa shape index (κ1) is 12.1. The van der Waals surface area contributed by atoms with Crippen molar-refractivity contribution in [3.05, 3.63) is 35.3 Å². The topological polar surface area (TPSA) is 82.7 Å². The summed E-state index contributed by atoms with van der Waals surface area (Å²) in [5, 5.41) is 12.6. The minimum absolute atomic E-state index is 0.179. The van der Waals surface area contributed by atoms with E-state index in [1.54, 1.807) is 25.4 Å². The third-order valence-electron chi connectivity index (χ3n) is 2.64. The molecule has 1 amide bonds. The number of H-pyrrole nitrogens is 1. The Kier molecular flexibility index (Phi) is 3.27. The number of pyridine rings is 1. The first-order chi connectivity index (χ1) is 8.61. The molecule has 0 radical (unpaired) electrons. The lowest BCUT2D eigenvalue weighted by Gasteiger charge is -2.06. The minimum Gasteiger partial charge on any atom is -0.373 e. The van der Waals surface area contributed by atoms with Crippen LogP contribution >= 0.6 is 0 Å². The molecule has 0 aliphatic carbocycles.